The van der Waals surface area contributed by atoms with Gasteiger partial charge in [0.15, 0.2) is 0 Å². The van der Waals surface area contributed by atoms with Gasteiger partial charge in [0.05, 0.1) is 0 Å². The Bertz CT molecular complexity index is 350. The summed E-state index contributed by atoms with van der Waals surface area (Å²) < 4.78 is 0. The van der Waals surface area contributed by atoms with Gasteiger partial charge >= 0.3 is 0 Å². The smallest absolute Gasteiger partial charge is 0.217 e. The molecule has 2 amide bonds. The minimum Gasteiger partial charge on any atom is -0.370 e. The average Bonchev–Trinajstić information content (AvgIpc) is 2.76. The summed E-state index contributed by atoms with van der Waals surface area (Å²) in [5.74, 6) is -0.313. The van der Waals surface area contributed by atoms with Crippen LogP contribution in [0.25, 0.3) is 0 Å². The lowest BCUT2D eigenvalue weighted by atomic mass is 10.1. The number of carbonyl (C=O) groups is 2. The van der Waals surface area contributed by atoms with Gasteiger partial charge < -0.3 is 11.5 Å². The molecular formula is C28H58N2O2. The van der Waals surface area contributed by atoms with Crippen LogP contribution in [-0.2, 0) is 9.59 Å². The Balaban J connectivity index is 0. The Kier molecular flexibility index (Phi) is 31.0. The molecule has 0 saturated carbocycles. The van der Waals surface area contributed by atoms with Gasteiger partial charge in [-0.15, -0.1) is 0 Å². The van der Waals surface area contributed by atoms with Crippen molar-refractivity contribution < 1.29 is 9.59 Å². The van der Waals surface area contributed by atoms with E-state index >= 15 is 0 Å². The number of nitrogens with two attached hydrogens (primary N) is 2. The molecule has 0 aromatic carbocycles. The van der Waals surface area contributed by atoms with Gasteiger partial charge in [-0.1, -0.05) is 142 Å². The molecule has 0 saturated heterocycles. The summed E-state index contributed by atoms with van der Waals surface area (Å²) in [5, 5.41) is 0. The van der Waals surface area contributed by atoms with E-state index in [1.807, 2.05) is 0 Å². The molecule has 4 nitrogen and oxygen atoms in total. The van der Waals surface area contributed by atoms with Gasteiger partial charge in [-0.05, 0) is 12.8 Å². The number of amides is 2. The van der Waals surface area contributed by atoms with Crippen LogP contribution in [-0.4, -0.2) is 11.8 Å². The highest BCUT2D eigenvalue weighted by Crippen LogP contribution is 2.12. The highest BCUT2D eigenvalue weighted by Gasteiger charge is 1.96. The van der Waals surface area contributed by atoms with Crippen molar-refractivity contribution in [2.45, 2.75) is 168 Å². The van der Waals surface area contributed by atoms with Crippen molar-refractivity contribution in [1.29, 1.82) is 0 Å². The summed E-state index contributed by atoms with van der Waals surface area (Å²) >= 11 is 0. The molecule has 0 aliphatic heterocycles. The van der Waals surface area contributed by atoms with Crippen molar-refractivity contribution in [3.63, 3.8) is 0 Å². The van der Waals surface area contributed by atoms with Crippen molar-refractivity contribution in [3.05, 3.63) is 0 Å². The summed E-state index contributed by atoms with van der Waals surface area (Å²) in [4.78, 5) is 21.0. The Morgan fingerprint density at radius 3 is 0.750 bits per heavy atom. The van der Waals surface area contributed by atoms with Crippen molar-refractivity contribution >= 4 is 11.8 Å². The van der Waals surface area contributed by atoms with Crippen molar-refractivity contribution in [2.24, 2.45) is 11.5 Å². The van der Waals surface area contributed by atoms with Crippen LogP contribution in [0.3, 0.4) is 0 Å². The first-order valence-electron chi connectivity index (χ1n) is 14.1. The second-order valence-corrected chi connectivity index (χ2v) is 9.50. The minimum absolute atomic E-state index is 0.157. The molecule has 4 heteroatoms. The highest BCUT2D eigenvalue weighted by atomic mass is 16.1. The number of hydrogen-bond donors (Lipinski definition) is 2. The van der Waals surface area contributed by atoms with Gasteiger partial charge in [0.2, 0.25) is 11.8 Å². The van der Waals surface area contributed by atoms with Gasteiger partial charge in [-0.25, -0.2) is 0 Å². The number of rotatable bonds is 24. The van der Waals surface area contributed by atoms with E-state index in [-0.39, 0.29) is 11.8 Å². The van der Waals surface area contributed by atoms with E-state index in [1.165, 1.54) is 128 Å². The molecule has 0 bridgehead atoms. The molecule has 0 aliphatic rings. The largest absolute Gasteiger partial charge is 0.370 e. The molecule has 0 radical (unpaired) electrons. The fraction of sp³-hybridized carbons (Fsp3) is 0.929. The monoisotopic (exact) mass is 454 g/mol. The molecule has 0 spiro atoms. The standard InChI is InChI=1S/2C14H29NO/c2*1-2-3-4-5-6-7-8-9-10-11-12-13-14(15)16/h2*2-13H2,1H3,(H2,15,16). The van der Waals surface area contributed by atoms with Crippen molar-refractivity contribution in [2.75, 3.05) is 0 Å². The number of primary amides is 2. The zero-order valence-corrected chi connectivity index (χ0v) is 21.9. The van der Waals surface area contributed by atoms with Gasteiger partial charge in [0.1, 0.15) is 0 Å². The number of unbranched alkanes of at least 4 members (excludes halogenated alkanes) is 20. The predicted octanol–water partition coefficient (Wildman–Crippen LogP) is 8.35. The van der Waals surface area contributed by atoms with Gasteiger partial charge in [0.25, 0.3) is 0 Å². The van der Waals surface area contributed by atoms with E-state index in [2.05, 4.69) is 13.8 Å². The minimum atomic E-state index is -0.157. The maximum Gasteiger partial charge on any atom is 0.217 e. The molecule has 32 heavy (non-hydrogen) atoms. The number of hydrogen-bond acceptors (Lipinski definition) is 2. The normalized spacial score (nSPS) is 10.6. The lowest BCUT2D eigenvalue weighted by molar-refractivity contribution is -0.119. The summed E-state index contributed by atoms with van der Waals surface area (Å²) in [6, 6.07) is 0. The first-order valence-corrected chi connectivity index (χ1v) is 14.1. The molecule has 0 fully saturated rings. The van der Waals surface area contributed by atoms with Crippen LogP contribution < -0.4 is 11.5 Å². The van der Waals surface area contributed by atoms with E-state index in [0.717, 1.165) is 12.8 Å². The Labute approximate surface area is 201 Å². The third-order valence-electron chi connectivity index (χ3n) is 6.05. The molecule has 0 atom stereocenters. The third-order valence-corrected chi connectivity index (χ3v) is 6.05. The molecule has 0 aromatic rings. The fourth-order valence-corrected chi connectivity index (χ4v) is 3.93. The van der Waals surface area contributed by atoms with E-state index in [4.69, 9.17) is 11.5 Å². The topological polar surface area (TPSA) is 86.2 Å². The first kappa shape index (κ1) is 33.1. The zero-order valence-electron chi connectivity index (χ0n) is 21.9. The van der Waals surface area contributed by atoms with Crippen LogP contribution in [0, 0.1) is 0 Å². The van der Waals surface area contributed by atoms with E-state index < -0.39 is 0 Å². The lowest BCUT2D eigenvalue weighted by Crippen LogP contribution is -2.09. The maximum atomic E-state index is 10.5. The van der Waals surface area contributed by atoms with Crippen molar-refractivity contribution in [3.8, 4) is 0 Å². The second-order valence-electron chi connectivity index (χ2n) is 9.50. The van der Waals surface area contributed by atoms with E-state index in [1.54, 1.807) is 0 Å². The molecule has 0 unspecified atom stereocenters. The fourth-order valence-electron chi connectivity index (χ4n) is 3.93. The van der Waals surface area contributed by atoms with Crippen LogP contribution in [0.5, 0.6) is 0 Å². The van der Waals surface area contributed by atoms with Crippen LogP contribution in [0.15, 0.2) is 0 Å². The van der Waals surface area contributed by atoms with E-state index in [0.29, 0.717) is 12.8 Å². The van der Waals surface area contributed by atoms with E-state index in [9.17, 15) is 9.59 Å². The summed E-state index contributed by atoms with van der Waals surface area (Å²) in [6.45, 7) is 4.51. The quantitative estimate of drug-likeness (QED) is 0.144. The van der Waals surface area contributed by atoms with Gasteiger partial charge in [-0.2, -0.15) is 0 Å². The molecule has 0 rings (SSSR count). The number of carbonyl (C=O) groups excluding carboxylic acids is 2. The molecule has 4 N–H and O–H groups in total. The van der Waals surface area contributed by atoms with Crippen LogP contribution >= 0.6 is 0 Å². The average molecular weight is 455 g/mol. The van der Waals surface area contributed by atoms with Crippen molar-refractivity contribution in [1.82, 2.24) is 0 Å². The predicted molar refractivity (Wildman–Crippen MR) is 141 cm³/mol. The molecule has 0 aromatic heterocycles. The maximum absolute atomic E-state index is 10.5. The Morgan fingerprint density at radius 1 is 0.375 bits per heavy atom. The van der Waals surface area contributed by atoms with Crippen LogP contribution in [0.1, 0.15) is 168 Å². The summed E-state index contributed by atoms with van der Waals surface area (Å²) in [7, 11) is 0. The molecule has 0 aliphatic carbocycles. The molecule has 0 heterocycles. The zero-order chi connectivity index (χ0) is 24.1. The summed E-state index contributed by atoms with van der Waals surface area (Å²) in [6.07, 6.45) is 30.0. The third kappa shape index (κ3) is 36.3. The van der Waals surface area contributed by atoms with Crippen LogP contribution in [0.2, 0.25) is 0 Å². The van der Waals surface area contributed by atoms with Crippen LogP contribution in [0.4, 0.5) is 0 Å². The molecular weight excluding hydrogens is 396 g/mol. The second kappa shape index (κ2) is 29.9. The highest BCUT2D eigenvalue weighted by molar-refractivity contribution is 5.73. The summed E-state index contributed by atoms with van der Waals surface area (Å²) in [5.41, 5.74) is 10.1. The Hall–Kier alpha value is -1.06. The SMILES string of the molecule is CCCCCCCCCCCCCC(N)=O.CCCCCCCCCCCCCC(N)=O. The van der Waals surface area contributed by atoms with Gasteiger partial charge in [-0.3, -0.25) is 9.59 Å². The first-order chi connectivity index (χ1) is 15.5. The Morgan fingerprint density at radius 2 is 0.562 bits per heavy atom. The molecule has 192 valence electrons. The lowest BCUT2D eigenvalue weighted by Gasteiger charge is -2.01. The van der Waals surface area contributed by atoms with Gasteiger partial charge in [0, 0.05) is 12.8 Å².